The van der Waals surface area contributed by atoms with Crippen LogP contribution in [0.15, 0.2) is 29.4 Å². The molecule has 0 aliphatic rings. The van der Waals surface area contributed by atoms with Crippen LogP contribution in [0.1, 0.15) is 122 Å². The summed E-state index contributed by atoms with van der Waals surface area (Å²) in [6, 6.07) is 7.47. The lowest BCUT2D eigenvalue weighted by molar-refractivity contribution is -0.114. The highest BCUT2D eigenvalue weighted by Gasteiger charge is 1.97. The maximum Gasteiger partial charge on any atom is 0.221 e. The summed E-state index contributed by atoms with van der Waals surface area (Å²) in [6.07, 6.45) is 23.8. The fraction of sp³-hybridized carbons (Fsp3) is 0.679. The molecule has 0 fully saturated rings. The van der Waals surface area contributed by atoms with Crippen molar-refractivity contribution in [2.45, 2.75) is 117 Å². The van der Waals surface area contributed by atoms with E-state index in [0.717, 1.165) is 24.2 Å². The van der Waals surface area contributed by atoms with Gasteiger partial charge in [0.1, 0.15) is 0 Å². The molecule has 1 aromatic rings. The third-order valence-electron chi connectivity index (χ3n) is 5.93. The van der Waals surface area contributed by atoms with Crippen LogP contribution in [0.4, 0.5) is 5.69 Å². The Morgan fingerprint density at radius 3 is 1.74 bits per heavy atom. The molecule has 1 amide bonds. The molecule has 3 N–H and O–H groups in total. The SMILES string of the molecule is CCCCCCCCCCCCCCCCCCNC(=S)N/N=C\c1ccc(NC(C)=O)cc1. The number of benzene rings is 1. The van der Waals surface area contributed by atoms with Crippen LogP contribution in [0.25, 0.3) is 0 Å². The Labute approximate surface area is 213 Å². The molecule has 0 aromatic heterocycles. The van der Waals surface area contributed by atoms with Crippen LogP contribution >= 0.6 is 12.2 Å². The highest BCUT2D eigenvalue weighted by atomic mass is 32.1. The van der Waals surface area contributed by atoms with Gasteiger partial charge in [-0.25, -0.2) is 0 Å². The molecule has 0 spiro atoms. The van der Waals surface area contributed by atoms with Gasteiger partial charge in [0.15, 0.2) is 5.11 Å². The smallest absolute Gasteiger partial charge is 0.221 e. The van der Waals surface area contributed by atoms with E-state index in [9.17, 15) is 4.79 Å². The van der Waals surface area contributed by atoms with Gasteiger partial charge >= 0.3 is 0 Å². The number of amides is 1. The van der Waals surface area contributed by atoms with Crippen LogP contribution in [0.3, 0.4) is 0 Å². The number of carbonyl (C=O) groups is 1. The maximum atomic E-state index is 11.0. The fourth-order valence-corrected chi connectivity index (χ4v) is 4.09. The Balaban J connectivity index is 1.87. The summed E-state index contributed by atoms with van der Waals surface area (Å²) >= 11 is 5.26. The zero-order valence-corrected chi connectivity index (χ0v) is 22.5. The third-order valence-corrected chi connectivity index (χ3v) is 6.16. The lowest BCUT2D eigenvalue weighted by Gasteiger charge is -2.07. The van der Waals surface area contributed by atoms with E-state index in [1.807, 2.05) is 24.3 Å². The van der Waals surface area contributed by atoms with Crippen molar-refractivity contribution in [1.82, 2.24) is 10.7 Å². The Bertz CT molecular complexity index is 675. The topological polar surface area (TPSA) is 65.5 Å². The molecular formula is C28H48N4OS. The largest absolute Gasteiger partial charge is 0.361 e. The van der Waals surface area contributed by atoms with Gasteiger partial charge in [0.05, 0.1) is 6.21 Å². The molecule has 0 saturated heterocycles. The first-order valence-electron chi connectivity index (χ1n) is 13.6. The first kappa shape index (κ1) is 30.1. The third kappa shape index (κ3) is 18.5. The Kier molecular flexibility index (Phi) is 19.1. The van der Waals surface area contributed by atoms with E-state index in [1.165, 1.54) is 103 Å². The normalized spacial score (nSPS) is 11.0. The minimum Gasteiger partial charge on any atom is -0.361 e. The fourth-order valence-electron chi connectivity index (χ4n) is 3.94. The van der Waals surface area contributed by atoms with E-state index in [4.69, 9.17) is 12.2 Å². The van der Waals surface area contributed by atoms with Crippen molar-refractivity contribution >= 4 is 35.1 Å². The molecule has 0 radical (unpaired) electrons. The van der Waals surface area contributed by atoms with Gasteiger partial charge < -0.3 is 10.6 Å². The molecule has 5 nitrogen and oxygen atoms in total. The summed E-state index contributed by atoms with van der Waals surface area (Å²) < 4.78 is 0. The highest BCUT2D eigenvalue weighted by Crippen LogP contribution is 2.13. The molecule has 6 heteroatoms. The molecule has 1 rings (SSSR count). The van der Waals surface area contributed by atoms with E-state index in [0.29, 0.717) is 5.11 Å². The minimum atomic E-state index is -0.0798. The average Bonchev–Trinajstić information content (AvgIpc) is 2.82. The van der Waals surface area contributed by atoms with Crippen molar-refractivity contribution < 1.29 is 4.79 Å². The first-order chi connectivity index (χ1) is 16.6. The molecule has 0 aliphatic heterocycles. The van der Waals surface area contributed by atoms with E-state index in [1.54, 1.807) is 6.21 Å². The van der Waals surface area contributed by atoms with Gasteiger partial charge in [-0.3, -0.25) is 10.2 Å². The zero-order chi connectivity index (χ0) is 24.7. The van der Waals surface area contributed by atoms with Gasteiger partial charge in [-0.1, -0.05) is 115 Å². The molecule has 0 heterocycles. The van der Waals surface area contributed by atoms with Crippen LogP contribution in [-0.2, 0) is 4.79 Å². The molecule has 0 bridgehead atoms. The van der Waals surface area contributed by atoms with E-state index in [2.05, 4.69) is 28.1 Å². The number of thiocarbonyl (C=S) groups is 1. The summed E-state index contributed by atoms with van der Waals surface area (Å²) in [7, 11) is 0. The van der Waals surface area contributed by atoms with Gasteiger partial charge in [-0.05, 0) is 36.3 Å². The number of hydrazone groups is 1. The van der Waals surface area contributed by atoms with E-state index in [-0.39, 0.29) is 5.91 Å². The second kappa shape index (κ2) is 21.6. The summed E-state index contributed by atoms with van der Waals surface area (Å²) in [6.45, 7) is 4.66. The summed E-state index contributed by atoms with van der Waals surface area (Å²) in [5, 5.41) is 10.7. The molecular weight excluding hydrogens is 440 g/mol. The number of nitrogens with zero attached hydrogens (tertiary/aromatic N) is 1. The van der Waals surface area contributed by atoms with Crippen molar-refractivity contribution in [3.05, 3.63) is 29.8 Å². The van der Waals surface area contributed by atoms with Crippen LogP contribution < -0.4 is 16.1 Å². The number of unbranched alkanes of at least 4 members (excludes halogenated alkanes) is 15. The highest BCUT2D eigenvalue weighted by molar-refractivity contribution is 7.80. The molecule has 0 saturated carbocycles. The van der Waals surface area contributed by atoms with Crippen molar-refractivity contribution in [2.24, 2.45) is 5.10 Å². The van der Waals surface area contributed by atoms with Crippen LogP contribution in [-0.4, -0.2) is 23.8 Å². The molecule has 0 atom stereocenters. The van der Waals surface area contributed by atoms with Crippen LogP contribution in [0, 0.1) is 0 Å². The van der Waals surface area contributed by atoms with Crippen LogP contribution in [0.5, 0.6) is 0 Å². The monoisotopic (exact) mass is 488 g/mol. The molecule has 1 aromatic carbocycles. The number of rotatable bonds is 20. The average molecular weight is 489 g/mol. The Hall–Kier alpha value is -1.95. The van der Waals surface area contributed by atoms with Gasteiger partial charge in [0, 0.05) is 19.2 Å². The molecule has 0 unspecified atom stereocenters. The quantitative estimate of drug-likeness (QED) is 0.0761. The predicted molar refractivity (Wildman–Crippen MR) is 152 cm³/mol. The number of hydrogen-bond acceptors (Lipinski definition) is 3. The Morgan fingerprint density at radius 2 is 1.26 bits per heavy atom. The van der Waals surface area contributed by atoms with Gasteiger partial charge in [-0.2, -0.15) is 5.10 Å². The number of anilines is 1. The first-order valence-corrected chi connectivity index (χ1v) is 14.0. The molecule has 0 aliphatic carbocycles. The lowest BCUT2D eigenvalue weighted by Crippen LogP contribution is -2.32. The number of hydrogen-bond donors (Lipinski definition) is 3. The maximum absolute atomic E-state index is 11.0. The van der Waals surface area contributed by atoms with Gasteiger partial charge in [-0.15, -0.1) is 0 Å². The van der Waals surface area contributed by atoms with Crippen LogP contribution in [0.2, 0.25) is 0 Å². The summed E-state index contributed by atoms with van der Waals surface area (Å²) in [4.78, 5) is 11.0. The van der Waals surface area contributed by atoms with Crippen molar-refractivity contribution in [3.63, 3.8) is 0 Å². The second-order valence-corrected chi connectivity index (χ2v) is 9.64. The number of nitrogens with one attached hydrogen (secondary N) is 3. The minimum absolute atomic E-state index is 0.0798. The molecule has 192 valence electrons. The summed E-state index contributed by atoms with van der Waals surface area (Å²) in [5.74, 6) is -0.0798. The standard InChI is InChI=1S/C28H48N4OS/c1-3-4-5-6-7-8-9-10-11-12-13-14-15-16-17-18-23-29-28(34)32-30-24-26-19-21-27(22-20-26)31-25(2)33/h19-22,24H,3-18,23H2,1-2H3,(H,31,33)(H2,29,32,34)/b30-24-. The predicted octanol–water partition coefficient (Wildman–Crippen LogP) is 7.70. The number of carbonyl (C=O) groups excluding carboxylic acids is 1. The Morgan fingerprint density at radius 1 is 0.794 bits per heavy atom. The van der Waals surface area contributed by atoms with Crippen molar-refractivity contribution in [2.75, 3.05) is 11.9 Å². The van der Waals surface area contributed by atoms with Gasteiger partial charge in [0.2, 0.25) is 5.91 Å². The van der Waals surface area contributed by atoms with Gasteiger partial charge in [0.25, 0.3) is 0 Å². The molecule has 34 heavy (non-hydrogen) atoms. The van der Waals surface area contributed by atoms with Crippen molar-refractivity contribution in [1.29, 1.82) is 0 Å². The lowest BCUT2D eigenvalue weighted by atomic mass is 10.0. The summed E-state index contributed by atoms with van der Waals surface area (Å²) in [5.41, 5.74) is 4.56. The van der Waals surface area contributed by atoms with E-state index >= 15 is 0 Å². The van der Waals surface area contributed by atoms with Crippen molar-refractivity contribution in [3.8, 4) is 0 Å². The van der Waals surface area contributed by atoms with E-state index < -0.39 is 0 Å². The zero-order valence-electron chi connectivity index (χ0n) is 21.7. The second-order valence-electron chi connectivity index (χ2n) is 9.23.